The van der Waals surface area contributed by atoms with Crippen molar-refractivity contribution in [3.8, 4) is 0 Å². The molecule has 0 radical (unpaired) electrons. The number of carbonyl (C=O) groups is 1. The summed E-state index contributed by atoms with van der Waals surface area (Å²) in [7, 11) is -3.98. The van der Waals surface area contributed by atoms with Crippen LogP contribution in [0.4, 0.5) is 4.39 Å². The van der Waals surface area contributed by atoms with E-state index in [1.54, 1.807) is 6.07 Å². The minimum atomic E-state index is -3.98. The Morgan fingerprint density at radius 1 is 1.17 bits per heavy atom. The number of halogens is 1. The Bertz CT molecular complexity index is 684. The van der Waals surface area contributed by atoms with E-state index in [-0.39, 0.29) is 10.6 Å². The summed E-state index contributed by atoms with van der Waals surface area (Å²) in [4.78, 5) is 13.4. The Balaban J connectivity index is 2.65. The second-order valence-electron chi connectivity index (χ2n) is 3.47. The van der Waals surface area contributed by atoms with E-state index in [2.05, 4.69) is 4.98 Å². The largest absolute Gasteiger partial charge is 0.296 e. The van der Waals surface area contributed by atoms with E-state index in [4.69, 9.17) is 0 Å². The molecule has 0 atom stereocenters. The zero-order chi connectivity index (χ0) is 13.2. The van der Waals surface area contributed by atoms with Gasteiger partial charge in [-0.3, -0.25) is 9.78 Å². The molecule has 0 fully saturated rings. The quantitative estimate of drug-likeness (QED) is 0.795. The maximum atomic E-state index is 13.5. The summed E-state index contributed by atoms with van der Waals surface area (Å²) in [6.45, 7) is 0. The molecule has 0 N–H and O–H groups in total. The third kappa shape index (κ3) is 2.14. The van der Waals surface area contributed by atoms with Crippen molar-refractivity contribution in [2.24, 2.45) is 0 Å². The fraction of sp³-hybridized carbons (Fsp3) is 0. The minimum Gasteiger partial charge on any atom is -0.296 e. The highest BCUT2D eigenvalue weighted by atomic mass is 32.2. The van der Waals surface area contributed by atoms with Gasteiger partial charge in [-0.25, -0.2) is 12.8 Å². The molecule has 6 heteroatoms. The van der Waals surface area contributed by atoms with Crippen molar-refractivity contribution in [3.05, 3.63) is 54.1 Å². The van der Waals surface area contributed by atoms with Crippen molar-refractivity contribution in [2.75, 3.05) is 0 Å². The molecule has 18 heavy (non-hydrogen) atoms. The summed E-state index contributed by atoms with van der Waals surface area (Å²) >= 11 is 0. The van der Waals surface area contributed by atoms with Crippen LogP contribution in [-0.2, 0) is 9.84 Å². The van der Waals surface area contributed by atoms with Crippen LogP contribution in [0.15, 0.2) is 52.4 Å². The highest BCUT2D eigenvalue weighted by Crippen LogP contribution is 2.22. The minimum absolute atomic E-state index is 0.0352. The van der Waals surface area contributed by atoms with E-state index in [1.165, 1.54) is 24.3 Å². The van der Waals surface area contributed by atoms with Crippen molar-refractivity contribution in [1.82, 2.24) is 4.98 Å². The van der Waals surface area contributed by atoms with E-state index >= 15 is 0 Å². The molecule has 0 unspecified atom stereocenters. The summed E-state index contributed by atoms with van der Waals surface area (Å²) in [5, 5.41) is 0. The lowest BCUT2D eigenvalue weighted by Gasteiger charge is -2.05. The number of aldehydes is 1. The Hall–Kier alpha value is -2.08. The number of rotatable bonds is 3. The maximum absolute atomic E-state index is 13.5. The van der Waals surface area contributed by atoms with E-state index in [9.17, 15) is 17.6 Å². The molecule has 0 aliphatic carbocycles. The average molecular weight is 265 g/mol. The molecule has 0 amide bonds. The first-order chi connectivity index (χ1) is 8.55. The zero-order valence-corrected chi connectivity index (χ0v) is 9.89. The van der Waals surface area contributed by atoms with Gasteiger partial charge in [0.05, 0.1) is 11.1 Å². The molecule has 0 aliphatic rings. The summed E-state index contributed by atoms with van der Waals surface area (Å²) in [5.74, 6) is -0.982. The molecule has 1 aromatic carbocycles. The molecule has 0 spiro atoms. The van der Waals surface area contributed by atoms with Crippen LogP contribution in [0.25, 0.3) is 0 Å². The lowest BCUT2D eigenvalue weighted by molar-refractivity contribution is 0.111. The molecule has 4 nitrogen and oxygen atoms in total. The summed E-state index contributed by atoms with van der Waals surface area (Å²) in [6, 6.07) is 8.36. The van der Waals surface area contributed by atoms with Crippen LogP contribution in [-0.4, -0.2) is 19.7 Å². The SMILES string of the molecule is O=Cc1cc(S(=O)(=O)c2ccccc2)c(F)cn1. The number of benzene rings is 1. The average Bonchev–Trinajstić information content (AvgIpc) is 2.40. The number of sulfone groups is 1. The zero-order valence-electron chi connectivity index (χ0n) is 9.08. The van der Waals surface area contributed by atoms with Crippen LogP contribution >= 0.6 is 0 Å². The Labute approximate surface area is 103 Å². The molecule has 0 aliphatic heterocycles. The third-order valence-electron chi connectivity index (χ3n) is 2.31. The molecule has 1 aromatic heterocycles. The van der Waals surface area contributed by atoms with Crippen molar-refractivity contribution < 1.29 is 17.6 Å². The fourth-order valence-corrected chi connectivity index (χ4v) is 2.79. The van der Waals surface area contributed by atoms with Crippen molar-refractivity contribution >= 4 is 16.1 Å². The van der Waals surface area contributed by atoms with Gasteiger partial charge in [0.25, 0.3) is 0 Å². The number of hydrogen-bond donors (Lipinski definition) is 0. The number of aromatic nitrogens is 1. The lowest BCUT2D eigenvalue weighted by atomic mass is 10.4. The summed E-state index contributed by atoms with van der Waals surface area (Å²) in [6.07, 6.45) is 1.09. The highest BCUT2D eigenvalue weighted by Gasteiger charge is 2.22. The topological polar surface area (TPSA) is 64.1 Å². The summed E-state index contributed by atoms with van der Waals surface area (Å²) < 4.78 is 37.8. The monoisotopic (exact) mass is 265 g/mol. The standard InChI is InChI=1S/C12H8FNO3S/c13-11-7-14-9(8-15)6-12(11)18(16,17)10-4-2-1-3-5-10/h1-8H. The molecule has 2 aromatic rings. The van der Waals surface area contributed by atoms with E-state index < -0.39 is 20.5 Å². The van der Waals surface area contributed by atoms with E-state index in [1.807, 2.05) is 0 Å². The normalized spacial score (nSPS) is 11.2. The van der Waals surface area contributed by atoms with Crippen molar-refractivity contribution in [1.29, 1.82) is 0 Å². The third-order valence-corrected chi connectivity index (χ3v) is 4.09. The molecular formula is C12H8FNO3S. The van der Waals surface area contributed by atoms with Crippen LogP contribution in [0.2, 0.25) is 0 Å². The van der Waals surface area contributed by atoms with Gasteiger partial charge in [-0.2, -0.15) is 0 Å². The highest BCUT2D eigenvalue weighted by molar-refractivity contribution is 7.91. The smallest absolute Gasteiger partial charge is 0.209 e. The summed E-state index contributed by atoms with van der Waals surface area (Å²) in [5.41, 5.74) is -0.133. The van der Waals surface area contributed by atoms with Gasteiger partial charge in [0.15, 0.2) is 12.1 Å². The lowest BCUT2D eigenvalue weighted by Crippen LogP contribution is -2.06. The van der Waals surface area contributed by atoms with Gasteiger partial charge in [0, 0.05) is 0 Å². The van der Waals surface area contributed by atoms with Gasteiger partial charge in [0.1, 0.15) is 10.6 Å². The van der Waals surface area contributed by atoms with Gasteiger partial charge >= 0.3 is 0 Å². The molecule has 92 valence electrons. The number of carbonyl (C=O) groups excluding carboxylic acids is 1. The molecule has 1 heterocycles. The number of pyridine rings is 1. The van der Waals surface area contributed by atoms with Gasteiger partial charge in [-0.1, -0.05) is 18.2 Å². The van der Waals surface area contributed by atoms with Gasteiger partial charge in [-0.15, -0.1) is 0 Å². The Morgan fingerprint density at radius 3 is 2.44 bits per heavy atom. The first kappa shape index (κ1) is 12.4. The molecule has 2 rings (SSSR count). The second-order valence-corrected chi connectivity index (χ2v) is 5.39. The van der Waals surface area contributed by atoms with Crippen LogP contribution < -0.4 is 0 Å². The second kappa shape index (κ2) is 4.66. The first-order valence-corrected chi connectivity index (χ1v) is 6.45. The first-order valence-electron chi connectivity index (χ1n) is 4.96. The van der Waals surface area contributed by atoms with E-state index in [0.717, 1.165) is 12.3 Å². The number of nitrogens with zero attached hydrogens (tertiary/aromatic N) is 1. The molecular weight excluding hydrogens is 257 g/mol. The predicted octanol–water partition coefficient (Wildman–Crippen LogP) is 1.87. The molecule has 0 bridgehead atoms. The van der Waals surface area contributed by atoms with Gasteiger partial charge in [-0.05, 0) is 18.2 Å². The Kier molecular flexibility index (Phi) is 3.20. The molecule has 0 saturated heterocycles. The number of hydrogen-bond acceptors (Lipinski definition) is 4. The molecule has 0 saturated carbocycles. The van der Waals surface area contributed by atoms with Crippen molar-refractivity contribution in [2.45, 2.75) is 9.79 Å². The van der Waals surface area contributed by atoms with Crippen LogP contribution in [0.1, 0.15) is 10.5 Å². The predicted molar refractivity (Wildman–Crippen MR) is 61.5 cm³/mol. The van der Waals surface area contributed by atoms with Crippen LogP contribution in [0, 0.1) is 5.82 Å². The van der Waals surface area contributed by atoms with Crippen molar-refractivity contribution in [3.63, 3.8) is 0 Å². The van der Waals surface area contributed by atoms with E-state index in [0.29, 0.717) is 6.29 Å². The Morgan fingerprint density at radius 2 is 1.83 bits per heavy atom. The van der Waals surface area contributed by atoms with Crippen LogP contribution in [0.5, 0.6) is 0 Å². The van der Waals surface area contributed by atoms with Crippen LogP contribution in [0.3, 0.4) is 0 Å². The fourth-order valence-electron chi connectivity index (χ4n) is 1.43. The van der Waals surface area contributed by atoms with Gasteiger partial charge < -0.3 is 0 Å². The maximum Gasteiger partial charge on any atom is 0.209 e. The van der Waals surface area contributed by atoms with Gasteiger partial charge in [0.2, 0.25) is 9.84 Å².